The Morgan fingerprint density at radius 1 is 1.17 bits per heavy atom. The van der Waals surface area contributed by atoms with E-state index in [0.29, 0.717) is 6.54 Å². The number of ether oxygens (including phenoxy) is 1. The second-order valence-corrected chi connectivity index (χ2v) is 7.65. The van der Waals surface area contributed by atoms with E-state index in [1.807, 2.05) is 30.3 Å². The van der Waals surface area contributed by atoms with Crippen LogP contribution in [-0.2, 0) is 23.1 Å². The van der Waals surface area contributed by atoms with Crippen molar-refractivity contribution in [1.29, 1.82) is 0 Å². The molecule has 1 aromatic rings. The lowest BCUT2D eigenvalue weighted by Crippen LogP contribution is -2.44. The van der Waals surface area contributed by atoms with Gasteiger partial charge in [0.05, 0.1) is 13.0 Å². The van der Waals surface area contributed by atoms with E-state index in [1.54, 1.807) is 4.67 Å². The van der Waals surface area contributed by atoms with Crippen LogP contribution in [0.5, 0.6) is 0 Å². The van der Waals surface area contributed by atoms with Crippen LogP contribution in [0.3, 0.4) is 0 Å². The van der Waals surface area contributed by atoms with Gasteiger partial charge in [-0.2, -0.15) is 0 Å². The summed E-state index contributed by atoms with van der Waals surface area (Å²) in [4.78, 5) is 12.4. The maximum absolute atomic E-state index is 12.9. The van der Waals surface area contributed by atoms with E-state index < -0.39 is 13.7 Å². The van der Waals surface area contributed by atoms with E-state index >= 15 is 0 Å². The fraction of sp³-hybridized carbons (Fsp3) is 0.562. The molecule has 7 heteroatoms. The van der Waals surface area contributed by atoms with Gasteiger partial charge < -0.3 is 4.74 Å². The summed E-state index contributed by atoms with van der Waals surface area (Å²) in [5.74, 6) is -0.869. The van der Waals surface area contributed by atoms with Gasteiger partial charge in [-0.25, -0.2) is 9.24 Å². The van der Waals surface area contributed by atoms with E-state index in [2.05, 4.69) is 0 Å². The summed E-state index contributed by atoms with van der Waals surface area (Å²) in [6.07, 6.45) is 2.57. The summed E-state index contributed by atoms with van der Waals surface area (Å²) in [5, 5.41) is 0. The zero-order chi connectivity index (χ0) is 16.9. The van der Waals surface area contributed by atoms with Crippen molar-refractivity contribution in [2.75, 3.05) is 27.9 Å². The predicted molar refractivity (Wildman–Crippen MR) is 87.2 cm³/mol. The average Bonchev–Trinajstić information content (AvgIpc) is 2.62. The Hall–Kier alpha value is -1.20. The normalized spacial score (nSPS) is 20.9. The first kappa shape index (κ1) is 18.1. The third-order valence-corrected chi connectivity index (χ3v) is 6.34. The molecule has 0 radical (unpaired) electrons. The lowest BCUT2D eigenvalue weighted by Gasteiger charge is -2.41. The number of nitrogens with zero attached hydrogens (tertiary/aromatic N) is 1. The summed E-state index contributed by atoms with van der Waals surface area (Å²) in [6.45, 7) is 0.559. The molecule has 0 spiro atoms. The Morgan fingerprint density at radius 2 is 1.83 bits per heavy atom. The zero-order valence-electron chi connectivity index (χ0n) is 13.8. The highest BCUT2D eigenvalue weighted by atomic mass is 31.2. The monoisotopic (exact) mass is 341 g/mol. The van der Waals surface area contributed by atoms with Gasteiger partial charge in [-0.15, -0.1) is 0 Å². The largest absolute Gasteiger partial charge is 0.469 e. The molecular formula is C16H24NO5P. The molecule has 128 valence electrons. The number of piperidine rings is 1. The molecule has 1 aliphatic rings. The van der Waals surface area contributed by atoms with Crippen LogP contribution in [0.25, 0.3) is 0 Å². The first-order chi connectivity index (χ1) is 11.1. The van der Waals surface area contributed by atoms with Crippen LogP contribution in [0.2, 0.25) is 0 Å². The molecule has 23 heavy (non-hydrogen) atoms. The van der Waals surface area contributed by atoms with Gasteiger partial charge in [0.25, 0.3) is 0 Å². The van der Waals surface area contributed by atoms with Crippen molar-refractivity contribution < 1.29 is 23.1 Å². The molecule has 1 aliphatic heterocycles. The van der Waals surface area contributed by atoms with E-state index in [4.69, 9.17) is 13.8 Å². The summed E-state index contributed by atoms with van der Waals surface area (Å²) in [6, 6.07) is 9.14. The van der Waals surface area contributed by atoms with Gasteiger partial charge in [-0.05, 0) is 18.4 Å². The number of hydrogen-bond donors (Lipinski definition) is 0. The van der Waals surface area contributed by atoms with E-state index in [9.17, 15) is 9.36 Å². The van der Waals surface area contributed by atoms with Gasteiger partial charge >= 0.3 is 13.7 Å². The van der Waals surface area contributed by atoms with Crippen molar-refractivity contribution in [3.8, 4) is 0 Å². The SMILES string of the molecule is COC(=O)C(c1ccccc1)C1CCCCN1P(=O)(OC)OC. The number of benzene rings is 1. The fourth-order valence-corrected chi connectivity index (χ4v) is 4.74. The molecule has 0 saturated carbocycles. The van der Waals surface area contributed by atoms with Crippen molar-refractivity contribution in [1.82, 2.24) is 4.67 Å². The summed E-state index contributed by atoms with van der Waals surface area (Å²) < 4.78 is 29.9. The molecule has 6 nitrogen and oxygen atoms in total. The van der Waals surface area contributed by atoms with Gasteiger partial charge in [-0.1, -0.05) is 36.8 Å². The van der Waals surface area contributed by atoms with Gasteiger partial charge in [-0.3, -0.25) is 13.8 Å². The highest BCUT2D eigenvalue weighted by Crippen LogP contribution is 2.55. The third-order valence-electron chi connectivity index (χ3n) is 4.29. The minimum atomic E-state index is -3.41. The fourth-order valence-electron chi connectivity index (χ4n) is 3.17. The Bertz CT molecular complexity index is 557. The molecule has 0 N–H and O–H groups in total. The van der Waals surface area contributed by atoms with Crippen LogP contribution in [-0.4, -0.2) is 44.6 Å². The standard InChI is InChI=1S/C16H24NO5P/c1-20-16(18)15(13-9-5-4-6-10-13)14-11-7-8-12-17(14)23(19,21-2)22-3/h4-6,9-10,14-15H,7-8,11-12H2,1-3H3. The van der Waals surface area contributed by atoms with Crippen LogP contribution < -0.4 is 0 Å². The maximum Gasteiger partial charge on any atom is 0.407 e. The highest BCUT2D eigenvalue weighted by Gasteiger charge is 2.45. The van der Waals surface area contributed by atoms with Gasteiger partial charge in [0.2, 0.25) is 0 Å². The van der Waals surface area contributed by atoms with Crippen molar-refractivity contribution in [3.63, 3.8) is 0 Å². The zero-order valence-corrected chi connectivity index (χ0v) is 14.7. The van der Waals surface area contributed by atoms with Crippen molar-refractivity contribution in [3.05, 3.63) is 35.9 Å². The molecule has 0 bridgehead atoms. The molecule has 2 atom stereocenters. The van der Waals surface area contributed by atoms with E-state index in [1.165, 1.54) is 21.3 Å². The number of carbonyl (C=O) groups is 1. The Kier molecular flexibility index (Phi) is 6.36. The van der Waals surface area contributed by atoms with Crippen molar-refractivity contribution >= 4 is 13.7 Å². The summed E-state index contributed by atoms with van der Waals surface area (Å²) in [5.41, 5.74) is 0.843. The van der Waals surface area contributed by atoms with Crippen LogP contribution in [0, 0.1) is 0 Å². The summed E-state index contributed by atoms with van der Waals surface area (Å²) in [7, 11) is 0.694. The van der Waals surface area contributed by atoms with Crippen molar-refractivity contribution in [2.45, 2.75) is 31.2 Å². The van der Waals surface area contributed by atoms with Crippen LogP contribution in [0.15, 0.2) is 30.3 Å². The molecule has 0 amide bonds. The number of carbonyl (C=O) groups excluding carboxylic acids is 1. The number of hydrogen-bond acceptors (Lipinski definition) is 5. The smallest absolute Gasteiger partial charge is 0.407 e. The molecule has 1 heterocycles. The lowest BCUT2D eigenvalue weighted by molar-refractivity contribution is -0.144. The Morgan fingerprint density at radius 3 is 2.39 bits per heavy atom. The van der Waals surface area contributed by atoms with Gasteiger partial charge in [0, 0.05) is 26.8 Å². The van der Waals surface area contributed by atoms with E-state index in [0.717, 1.165) is 24.8 Å². The molecule has 1 aromatic carbocycles. The third kappa shape index (κ3) is 3.83. The molecule has 0 aromatic heterocycles. The topological polar surface area (TPSA) is 65.1 Å². The first-order valence-corrected chi connectivity index (χ1v) is 9.18. The molecule has 1 fully saturated rings. The molecule has 0 aliphatic carbocycles. The lowest BCUT2D eigenvalue weighted by atomic mass is 9.86. The van der Waals surface area contributed by atoms with Crippen LogP contribution in [0.4, 0.5) is 0 Å². The molecular weight excluding hydrogens is 317 g/mol. The molecule has 2 rings (SSSR count). The Balaban J connectivity index is 2.42. The maximum atomic E-state index is 12.9. The minimum absolute atomic E-state index is 0.288. The highest BCUT2D eigenvalue weighted by molar-refractivity contribution is 7.51. The van der Waals surface area contributed by atoms with Gasteiger partial charge in [0.15, 0.2) is 0 Å². The van der Waals surface area contributed by atoms with Crippen LogP contribution >= 0.6 is 7.75 Å². The second-order valence-electron chi connectivity index (χ2n) is 5.47. The predicted octanol–water partition coefficient (Wildman–Crippen LogP) is 3.20. The minimum Gasteiger partial charge on any atom is -0.469 e. The number of methoxy groups -OCH3 is 1. The number of esters is 1. The quantitative estimate of drug-likeness (QED) is 0.585. The second kappa shape index (κ2) is 8.06. The van der Waals surface area contributed by atoms with E-state index in [-0.39, 0.29) is 12.0 Å². The first-order valence-electron chi connectivity index (χ1n) is 7.68. The molecule has 1 saturated heterocycles. The number of rotatable bonds is 6. The van der Waals surface area contributed by atoms with Crippen LogP contribution in [0.1, 0.15) is 30.7 Å². The summed E-state index contributed by atoms with van der Waals surface area (Å²) >= 11 is 0. The molecule has 2 unspecified atom stereocenters. The average molecular weight is 341 g/mol. The van der Waals surface area contributed by atoms with Gasteiger partial charge in [0.1, 0.15) is 0 Å². The Labute approximate surface area is 137 Å². The van der Waals surface area contributed by atoms with Crippen molar-refractivity contribution in [2.24, 2.45) is 0 Å².